The molecule has 0 aliphatic heterocycles. The number of rotatable bonds is 28. The Morgan fingerprint density at radius 3 is 1.40 bits per heavy atom. The molecule has 1 N–H and O–H groups in total. The van der Waals surface area contributed by atoms with Gasteiger partial charge >= 0.3 is 29.3 Å². The number of nitrogens with one attached hydrogen (secondary N) is 1. The van der Waals surface area contributed by atoms with E-state index in [9.17, 15) is 9.59 Å². The third-order valence-corrected chi connectivity index (χ3v) is 13.1. The molecule has 7 aromatic carbocycles. The lowest BCUT2D eigenvalue weighted by atomic mass is 9.91. The fourth-order valence-corrected chi connectivity index (χ4v) is 9.07. The maximum atomic E-state index is 14.9. The first-order chi connectivity index (χ1) is 35.8. The lowest BCUT2D eigenvalue weighted by Crippen LogP contribution is -2.61. The quantitative estimate of drug-likeness (QED) is 0.0218. The molecule has 0 aliphatic carbocycles. The minimum absolute atomic E-state index is 0.00256. The van der Waals surface area contributed by atoms with E-state index >= 15 is 0 Å². The molecule has 0 radical (unpaired) electrons. The van der Waals surface area contributed by atoms with Crippen LogP contribution < -0.4 is 14.5 Å². The van der Waals surface area contributed by atoms with E-state index in [2.05, 4.69) is 5.43 Å². The molecule has 0 aliphatic rings. The van der Waals surface area contributed by atoms with Gasteiger partial charge in [-0.2, -0.15) is 5.01 Å². The van der Waals surface area contributed by atoms with Crippen LogP contribution in [0.4, 0.5) is 4.79 Å². The molecule has 12 nitrogen and oxygen atoms in total. The van der Waals surface area contributed by atoms with Crippen LogP contribution in [0.1, 0.15) is 52.8 Å². The Kier molecular flexibility index (Phi) is 21.8. The van der Waals surface area contributed by atoms with E-state index in [-0.39, 0.29) is 64.1 Å². The van der Waals surface area contributed by atoms with E-state index in [1.807, 2.05) is 219 Å². The van der Waals surface area contributed by atoms with Gasteiger partial charge in [0.2, 0.25) is 0 Å². The Bertz CT molecular complexity index is 2720. The summed E-state index contributed by atoms with van der Waals surface area (Å²) < 4.78 is 50.7. The molecule has 1 amide bonds. The van der Waals surface area contributed by atoms with Gasteiger partial charge < -0.3 is 18.5 Å². The molecule has 0 bridgehead atoms. The Labute approximate surface area is 431 Å². The summed E-state index contributed by atoms with van der Waals surface area (Å²) in [5, 5.41) is 1.57. The van der Waals surface area contributed by atoms with Gasteiger partial charge in [0.1, 0.15) is 18.8 Å². The smallest absolute Gasteiger partial charge is 0.422 e. The predicted molar refractivity (Wildman–Crippen MR) is 285 cm³/mol. The average Bonchev–Trinajstić information content (AvgIpc) is 3.43. The number of hydrogen-bond acceptors (Lipinski definition) is 11. The van der Waals surface area contributed by atoms with Crippen molar-refractivity contribution in [1.29, 1.82) is 0 Å². The predicted octanol–water partition coefficient (Wildman–Crippen LogP) is 14.1. The third-order valence-electron chi connectivity index (χ3n) is 11.0. The first kappa shape index (κ1) is 53.8. The summed E-state index contributed by atoms with van der Waals surface area (Å²) in [7, 11) is -4.13. The molecule has 0 saturated heterocycles. The number of esters is 1. The minimum atomic E-state index is -2.09. The van der Waals surface area contributed by atoms with E-state index in [1.54, 1.807) is 24.1 Å². The number of allylic oxidation sites excluding steroid dienone is 3. The number of benzene rings is 7. The summed E-state index contributed by atoms with van der Waals surface area (Å²) in [6.07, 6.45) is 6.81. The summed E-state index contributed by atoms with van der Waals surface area (Å²) in [6, 6.07) is 62.9. The van der Waals surface area contributed by atoms with Crippen LogP contribution in [0.15, 0.2) is 224 Å². The number of amides is 1. The summed E-state index contributed by atoms with van der Waals surface area (Å²) in [5.74, 6) is -0.0923. The maximum absolute atomic E-state index is 14.9. The van der Waals surface area contributed by atoms with Crippen molar-refractivity contribution < 1.29 is 46.2 Å². The van der Waals surface area contributed by atoms with Gasteiger partial charge in [0.05, 0.1) is 26.4 Å². The molecule has 2 atom stereocenters. The van der Waals surface area contributed by atoms with Crippen LogP contribution in [0.3, 0.4) is 0 Å². The third kappa shape index (κ3) is 18.2. The van der Waals surface area contributed by atoms with Crippen LogP contribution >= 0.6 is 17.2 Å². The summed E-state index contributed by atoms with van der Waals surface area (Å²) in [4.78, 5) is 28.7. The molecule has 14 heteroatoms. The molecule has 0 spiro atoms. The molecule has 0 heterocycles. The lowest BCUT2D eigenvalue weighted by molar-refractivity contribution is -0.161. The van der Waals surface area contributed by atoms with Gasteiger partial charge in [0.15, 0.2) is 11.5 Å². The van der Waals surface area contributed by atoms with Gasteiger partial charge in [0.25, 0.3) is 0 Å². The number of hydrogen-bond donors (Lipinski definition) is 1. The topological polar surface area (TPSA) is 123 Å². The largest absolute Gasteiger partial charge is 0.459 e. The highest BCUT2D eigenvalue weighted by molar-refractivity contribution is 7.42. The Balaban J connectivity index is 1.26. The molecule has 1 unspecified atom stereocenters. The first-order valence-electron chi connectivity index (χ1n) is 23.8. The van der Waals surface area contributed by atoms with Crippen molar-refractivity contribution in [1.82, 2.24) is 10.4 Å². The van der Waals surface area contributed by atoms with E-state index < -0.39 is 34.8 Å². The minimum Gasteiger partial charge on any atom is -0.459 e. The Hall–Kier alpha value is -6.98. The van der Waals surface area contributed by atoms with Gasteiger partial charge in [-0.05, 0) is 64.9 Å². The maximum Gasteiger partial charge on any atom is 0.422 e. The number of ether oxygens (including phenoxy) is 2. The summed E-state index contributed by atoms with van der Waals surface area (Å²) >= 11 is 0. The lowest BCUT2D eigenvalue weighted by Gasteiger charge is -2.39. The van der Waals surface area contributed by atoms with Gasteiger partial charge in [-0.3, -0.25) is 23.5 Å². The van der Waals surface area contributed by atoms with E-state index in [4.69, 9.17) is 36.6 Å². The van der Waals surface area contributed by atoms with Crippen molar-refractivity contribution in [2.45, 2.75) is 65.4 Å². The van der Waals surface area contributed by atoms with Crippen molar-refractivity contribution in [2.24, 2.45) is 0 Å². The summed E-state index contributed by atoms with van der Waals surface area (Å²) in [5.41, 5.74) is 7.17. The molecular formula is C59H60N2O10P2. The number of hydrazine groups is 1. The molecule has 0 fully saturated rings. The number of carbonyl (C=O) groups is 2. The Morgan fingerprint density at radius 1 is 0.493 bits per heavy atom. The van der Waals surface area contributed by atoms with Crippen molar-refractivity contribution in [3.63, 3.8) is 0 Å². The Morgan fingerprint density at radius 2 is 0.918 bits per heavy atom. The van der Waals surface area contributed by atoms with E-state index in [0.717, 1.165) is 33.4 Å². The standard InChI is InChI=1S/C59H60N2O10P2/c1-3-4-5-24-39-66-72(67-45-51-31-18-9-19-32-51)71-56-40-54(37-38-55(56)70-73(68-46-52-33-20-10-21-34-52)69-47-53-35-22-11-23-36-53)41-59(2,57(62)64-43-49-27-14-7-15-28-49)61(42-48-25-12-6-13-26-48)60-58(63)65-44-50-29-16-8-17-30-50/h3-38,40H,39,41-47H2,1-2H3,(H,60,63)/b4-3+,24-5-/t59-,72?/m0/s1. The number of nitrogens with zero attached hydrogens (tertiary/aromatic N) is 1. The molecule has 376 valence electrons. The zero-order valence-corrected chi connectivity index (χ0v) is 42.7. The van der Waals surface area contributed by atoms with Crippen molar-refractivity contribution in [2.75, 3.05) is 6.61 Å². The van der Waals surface area contributed by atoms with E-state index in [0.29, 0.717) is 5.56 Å². The van der Waals surface area contributed by atoms with Crippen molar-refractivity contribution in [3.05, 3.63) is 263 Å². The highest BCUT2D eigenvalue weighted by atomic mass is 31.2. The average molecular weight is 1020 g/mol. The van der Waals surface area contributed by atoms with Crippen LogP contribution in [0.5, 0.6) is 11.5 Å². The monoisotopic (exact) mass is 1020 g/mol. The fourth-order valence-electron chi connectivity index (χ4n) is 7.13. The van der Waals surface area contributed by atoms with Crippen LogP contribution in [0.25, 0.3) is 0 Å². The fraction of sp³-hybridized carbons (Fsp3) is 0.186. The van der Waals surface area contributed by atoms with Gasteiger partial charge in [-0.1, -0.05) is 212 Å². The second-order valence-electron chi connectivity index (χ2n) is 16.7. The van der Waals surface area contributed by atoms with E-state index in [1.165, 1.54) is 0 Å². The molecule has 0 aromatic heterocycles. The molecule has 0 saturated carbocycles. The highest BCUT2D eigenvalue weighted by Crippen LogP contribution is 2.50. The second-order valence-corrected chi connectivity index (χ2v) is 19.0. The van der Waals surface area contributed by atoms with Crippen molar-refractivity contribution in [3.8, 4) is 11.5 Å². The van der Waals surface area contributed by atoms with Gasteiger partial charge in [-0.15, -0.1) is 0 Å². The summed E-state index contributed by atoms with van der Waals surface area (Å²) in [6.45, 7) is 4.58. The highest BCUT2D eigenvalue weighted by Gasteiger charge is 2.43. The molecular weight excluding hydrogens is 959 g/mol. The first-order valence-corrected chi connectivity index (χ1v) is 26.0. The van der Waals surface area contributed by atoms with Crippen molar-refractivity contribution >= 4 is 29.3 Å². The van der Waals surface area contributed by atoms with Crippen LogP contribution in [-0.4, -0.2) is 29.2 Å². The van der Waals surface area contributed by atoms with Crippen LogP contribution in [0.2, 0.25) is 0 Å². The van der Waals surface area contributed by atoms with Gasteiger partial charge in [0, 0.05) is 13.0 Å². The molecule has 7 aromatic rings. The zero-order valence-electron chi connectivity index (χ0n) is 40.9. The van der Waals surface area contributed by atoms with Crippen LogP contribution in [-0.2, 0) is 78.4 Å². The van der Waals surface area contributed by atoms with Crippen LogP contribution in [0, 0.1) is 0 Å². The molecule has 7 rings (SSSR count). The SMILES string of the molecule is C/C=C/C=C\COP(OCc1ccccc1)Oc1cc(C[C@@](C)(C(=O)OCc2ccccc2)N(Cc2ccccc2)NC(=O)OCc2ccccc2)ccc1OP(OCc1ccccc1)OCc1ccccc1. The number of carbonyl (C=O) groups excluding carboxylic acids is 2. The normalized spacial score (nSPS) is 12.7. The molecule has 73 heavy (non-hydrogen) atoms. The zero-order chi connectivity index (χ0) is 50.8. The van der Waals surface area contributed by atoms with Gasteiger partial charge in [-0.25, -0.2) is 9.59 Å². The second kappa shape index (κ2) is 29.5.